The number of halogens is 3. The molecule has 0 aliphatic rings. The molecule has 2 rings (SSSR count). The van der Waals surface area contributed by atoms with E-state index in [2.05, 4.69) is 20.6 Å². The molecule has 0 aliphatic heterocycles. The highest BCUT2D eigenvalue weighted by Gasteiger charge is 2.32. The molecular weight excluding hydrogens is 381 g/mol. The number of amides is 2. The van der Waals surface area contributed by atoms with Crippen molar-refractivity contribution in [2.75, 3.05) is 17.3 Å². The van der Waals surface area contributed by atoms with E-state index in [0.717, 1.165) is 17.8 Å². The Kier molecular flexibility index (Phi) is 6.53. The number of aromatic nitrogens is 2. The van der Waals surface area contributed by atoms with Crippen molar-refractivity contribution in [1.82, 2.24) is 15.3 Å². The Bertz CT molecular complexity index is 836. The number of alkyl halides is 3. The average Bonchev–Trinajstić information content (AvgIpc) is 3.00. The van der Waals surface area contributed by atoms with Crippen molar-refractivity contribution in [3.8, 4) is 0 Å². The second-order valence-electron chi connectivity index (χ2n) is 5.92. The molecule has 10 heteroatoms. The maximum atomic E-state index is 13.2. The monoisotopic (exact) mass is 400 g/mol. The Morgan fingerprint density at radius 2 is 2.00 bits per heavy atom. The van der Waals surface area contributed by atoms with Crippen LogP contribution in [0, 0.1) is 6.92 Å². The van der Waals surface area contributed by atoms with Gasteiger partial charge in [-0.25, -0.2) is 4.98 Å². The SMILES string of the molecule is CSCC(=O)Nc1cc(C(=O)NC(C)c2ncc(C)[nH]2)cc(C(F)(F)F)c1. The van der Waals surface area contributed by atoms with Gasteiger partial charge >= 0.3 is 6.18 Å². The molecule has 2 aromatic rings. The van der Waals surface area contributed by atoms with Gasteiger partial charge in [0.25, 0.3) is 5.91 Å². The molecule has 27 heavy (non-hydrogen) atoms. The first kappa shape index (κ1) is 20.8. The number of H-pyrrole nitrogens is 1. The van der Waals surface area contributed by atoms with Crippen molar-refractivity contribution in [1.29, 1.82) is 0 Å². The lowest BCUT2D eigenvalue weighted by Crippen LogP contribution is -2.28. The quantitative estimate of drug-likeness (QED) is 0.692. The molecule has 6 nitrogen and oxygen atoms in total. The summed E-state index contributed by atoms with van der Waals surface area (Å²) in [5.74, 6) is -0.580. The lowest BCUT2D eigenvalue weighted by Gasteiger charge is -2.15. The number of anilines is 1. The summed E-state index contributed by atoms with van der Waals surface area (Å²) in [6.07, 6.45) is -1.37. The number of carbonyl (C=O) groups excluding carboxylic acids is 2. The van der Waals surface area contributed by atoms with Crippen molar-refractivity contribution < 1.29 is 22.8 Å². The van der Waals surface area contributed by atoms with E-state index < -0.39 is 29.6 Å². The second kappa shape index (κ2) is 8.47. The number of aryl methyl sites for hydroxylation is 1. The molecule has 1 heterocycles. The molecule has 0 saturated carbocycles. The minimum absolute atomic E-state index is 0.0875. The summed E-state index contributed by atoms with van der Waals surface area (Å²) in [6.45, 7) is 3.45. The van der Waals surface area contributed by atoms with Gasteiger partial charge in [-0.05, 0) is 38.3 Å². The summed E-state index contributed by atoms with van der Waals surface area (Å²) in [5, 5.41) is 4.97. The zero-order valence-corrected chi connectivity index (χ0v) is 15.7. The van der Waals surface area contributed by atoms with Crippen LogP contribution in [0.3, 0.4) is 0 Å². The summed E-state index contributed by atoms with van der Waals surface area (Å²) in [5.41, 5.74) is -0.519. The average molecular weight is 400 g/mol. The summed E-state index contributed by atoms with van der Waals surface area (Å²) >= 11 is 1.23. The molecule has 0 saturated heterocycles. The number of hydrogen-bond acceptors (Lipinski definition) is 4. The first-order valence-electron chi connectivity index (χ1n) is 7.93. The van der Waals surface area contributed by atoms with Gasteiger partial charge in [-0.3, -0.25) is 9.59 Å². The van der Waals surface area contributed by atoms with E-state index in [0.29, 0.717) is 5.82 Å². The Hall–Kier alpha value is -2.49. The van der Waals surface area contributed by atoms with E-state index >= 15 is 0 Å². The third-order valence-corrected chi connectivity index (χ3v) is 4.11. The smallest absolute Gasteiger partial charge is 0.344 e. The number of rotatable bonds is 6. The lowest BCUT2D eigenvalue weighted by atomic mass is 10.1. The van der Waals surface area contributed by atoms with Gasteiger partial charge < -0.3 is 15.6 Å². The first-order chi connectivity index (χ1) is 12.6. The van der Waals surface area contributed by atoms with Crippen LogP contribution >= 0.6 is 11.8 Å². The van der Waals surface area contributed by atoms with Crippen LogP contribution in [-0.4, -0.2) is 33.8 Å². The number of hydrogen-bond donors (Lipinski definition) is 3. The Labute approximate surface area is 158 Å². The first-order valence-corrected chi connectivity index (χ1v) is 9.33. The largest absolute Gasteiger partial charge is 0.416 e. The molecule has 0 spiro atoms. The summed E-state index contributed by atoms with van der Waals surface area (Å²) in [7, 11) is 0. The fourth-order valence-electron chi connectivity index (χ4n) is 2.32. The summed E-state index contributed by atoms with van der Waals surface area (Å²) in [4.78, 5) is 31.2. The van der Waals surface area contributed by atoms with E-state index in [1.807, 2.05) is 0 Å². The van der Waals surface area contributed by atoms with Crippen LogP contribution in [0.15, 0.2) is 24.4 Å². The van der Waals surface area contributed by atoms with E-state index in [1.54, 1.807) is 26.3 Å². The molecule has 1 aromatic heterocycles. The summed E-state index contributed by atoms with van der Waals surface area (Å²) in [6, 6.07) is 2.23. The van der Waals surface area contributed by atoms with Crippen molar-refractivity contribution in [3.05, 3.63) is 47.0 Å². The van der Waals surface area contributed by atoms with Crippen molar-refractivity contribution in [2.24, 2.45) is 0 Å². The Balaban J connectivity index is 2.27. The van der Waals surface area contributed by atoms with Crippen LogP contribution < -0.4 is 10.6 Å². The molecule has 0 radical (unpaired) electrons. The normalized spacial score (nSPS) is 12.5. The van der Waals surface area contributed by atoms with Gasteiger partial charge in [0.2, 0.25) is 5.91 Å². The van der Waals surface area contributed by atoms with Gasteiger partial charge in [0.05, 0.1) is 17.4 Å². The molecule has 1 atom stereocenters. The predicted octanol–water partition coefficient (Wildman–Crippen LogP) is 3.53. The maximum Gasteiger partial charge on any atom is 0.416 e. The molecule has 0 fully saturated rings. The molecule has 2 amide bonds. The standard InChI is InChI=1S/C17H19F3N4O2S/c1-9-7-21-15(22-9)10(2)23-16(26)11-4-12(17(18,19)20)6-13(5-11)24-14(25)8-27-3/h4-7,10H,8H2,1-3H3,(H,21,22)(H,23,26)(H,24,25). The number of nitrogens with one attached hydrogen (secondary N) is 3. The highest BCUT2D eigenvalue weighted by molar-refractivity contribution is 7.99. The van der Waals surface area contributed by atoms with E-state index in [1.165, 1.54) is 17.8 Å². The number of nitrogens with zero attached hydrogens (tertiary/aromatic N) is 1. The third kappa shape index (κ3) is 5.75. The molecular formula is C17H19F3N4O2S. The third-order valence-electron chi connectivity index (χ3n) is 3.56. The van der Waals surface area contributed by atoms with Gasteiger partial charge in [0, 0.05) is 23.1 Å². The number of benzene rings is 1. The number of carbonyl (C=O) groups is 2. The van der Waals surface area contributed by atoms with Crippen LogP contribution in [0.5, 0.6) is 0 Å². The molecule has 146 valence electrons. The van der Waals surface area contributed by atoms with Gasteiger partial charge in [0.15, 0.2) is 0 Å². The van der Waals surface area contributed by atoms with Crippen LogP contribution in [0.4, 0.5) is 18.9 Å². The van der Waals surface area contributed by atoms with Gasteiger partial charge in [0.1, 0.15) is 5.82 Å². The second-order valence-corrected chi connectivity index (χ2v) is 6.79. The molecule has 3 N–H and O–H groups in total. The molecule has 1 unspecified atom stereocenters. The minimum atomic E-state index is -4.65. The highest BCUT2D eigenvalue weighted by Crippen LogP contribution is 2.32. The minimum Gasteiger partial charge on any atom is -0.344 e. The zero-order chi connectivity index (χ0) is 20.2. The summed E-state index contributed by atoms with van der Waals surface area (Å²) < 4.78 is 39.5. The van der Waals surface area contributed by atoms with Gasteiger partial charge in [-0.2, -0.15) is 24.9 Å². The van der Waals surface area contributed by atoms with Gasteiger partial charge in [-0.1, -0.05) is 0 Å². The maximum absolute atomic E-state index is 13.2. The van der Waals surface area contributed by atoms with Crippen LogP contribution in [0.2, 0.25) is 0 Å². The zero-order valence-electron chi connectivity index (χ0n) is 14.9. The van der Waals surface area contributed by atoms with Crippen molar-refractivity contribution in [2.45, 2.75) is 26.1 Å². The predicted molar refractivity (Wildman–Crippen MR) is 97.7 cm³/mol. The van der Waals surface area contributed by atoms with Crippen LogP contribution in [-0.2, 0) is 11.0 Å². The van der Waals surface area contributed by atoms with Crippen molar-refractivity contribution >= 4 is 29.3 Å². The number of imidazole rings is 1. The fourth-order valence-corrected chi connectivity index (χ4v) is 2.66. The highest BCUT2D eigenvalue weighted by atomic mass is 32.2. The van der Waals surface area contributed by atoms with E-state index in [-0.39, 0.29) is 17.0 Å². The van der Waals surface area contributed by atoms with E-state index in [9.17, 15) is 22.8 Å². The van der Waals surface area contributed by atoms with Crippen LogP contribution in [0.25, 0.3) is 0 Å². The fraction of sp³-hybridized carbons (Fsp3) is 0.353. The van der Waals surface area contributed by atoms with E-state index in [4.69, 9.17) is 0 Å². The lowest BCUT2D eigenvalue weighted by molar-refractivity contribution is -0.137. The topological polar surface area (TPSA) is 86.9 Å². The number of aromatic amines is 1. The Morgan fingerprint density at radius 3 is 2.56 bits per heavy atom. The molecule has 0 aliphatic carbocycles. The van der Waals surface area contributed by atoms with Gasteiger partial charge in [-0.15, -0.1) is 0 Å². The molecule has 0 bridgehead atoms. The molecule has 1 aromatic carbocycles. The van der Waals surface area contributed by atoms with Crippen LogP contribution in [0.1, 0.15) is 40.4 Å². The Morgan fingerprint density at radius 1 is 1.30 bits per heavy atom. The van der Waals surface area contributed by atoms with Crippen molar-refractivity contribution in [3.63, 3.8) is 0 Å². The number of thioether (sulfide) groups is 1.